The van der Waals surface area contributed by atoms with Crippen LogP contribution in [0.5, 0.6) is 5.75 Å². The number of anilines is 1. The summed E-state index contributed by atoms with van der Waals surface area (Å²) in [5.74, 6) is -0.268. The third-order valence-electron chi connectivity index (χ3n) is 10.7. The van der Waals surface area contributed by atoms with E-state index in [-0.39, 0.29) is 18.4 Å². The number of nitrogens with zero attached hydrogens (tertiary/aromatic N) is 1. The SMILES string of the molecule is CCCCCCCCCCCCCCCCCC(=O)Nc1ccc(C(=O)NCC(=O)Oc2cccc3c2CC[C@H](N(CCC)CCc2cccs2)C3)cc1. The van der Waals surface area contributed by atoms with E-state index in [1.165, 1.54) is 93.9 Å². The van der Waals surface area contributed by atoms with Crippen molar-refractivity contribution in [1.82, 2.24) is 10.2 Å². The number of nitrogens with one attached hydrogen (secondary N) is 2. The molecule has 4 rings (SSSR count). The van der Waals surface area contributed by atoms with Crippen LogP contribution in [0.3, 0.4) is 0 Å². The fourth-order valence-electron chi connectivity index (χ4n) is 7.63. The van der Waals surface area contributed by atoms with Crippen LogP contribution < -0.4 is 15.4 Å². The number of ether oxygens (including phenoxy) is 1. The summed E-state index contributed by atoms with van der Waals surface area (Å²) >= 11 is 1.82. The van der Waals surface area contributed by atoms with Crippen molar-refractivity contribution in [3.63, 3.8) is 0 Å². The standard InChI is InChI=1S/C46H67N3O4S/c1-3-5-6-7-8-9-10-11-12-13-14-15-16-17-18-24-44(50)48-39-27-25-37(26-28-39)46(52)47-36-45(51)53-43-23-19-21-38-35-40(29-30-42(38)43)49(32-4-2)33-31-41-22-20-34-54-41/h19-23,25-28,34,40H,3-18,24,29-33,35-36H2,1-2H3,(H,47,52)(H,48,50)/t40-/m0/s1. The molecule has 1 heterocycles. The Morgan fingerprint density at radius 1 is 0.759 bits per heavy atom. The van der Waals surface area contributed by atoms with Crippen molar-refractivity contribution in [2.75, 3.05) is 25.0 Å². The van der Waals surface area contributed by atoms with Crippen LogP contribution in [0.25, 0.3) is 0 Å². The van der Waals surface area contributed by atoms with Crippen LogP contribution in [0.1, 0.15) is 156 Å². The second-order valence-corrected chi connectivity index (χ2v) is 16.2. The maximum atomic E-state index is 12.8. The van der Waals surface area contributed by atoms with E-state index in [9.17, 15) is 14.4 Å². The lowest BCUT2D eigenvalue weighted by atomic mass is 9.86. The molecule has 0 fully saturated rings. The fraction of sp³-hybridized carbons (Fsp3) is 0.587. The third kappa shape index (κ3) is 16.1. The van der Waals surface area contributed by atoms with Gasteiger partial charge in [0.2, 0.25) is 5.91 Å². The molecule has 54 heavy (non-hydrogen) atoms. The van der Waals surface area contributed by atoms with Crippen molar-refractivity contribution in [3.8, 4) is 5.75 Å². The number of unbranched alkanes of at least 4 members (excludes halogenated alkanes) is 14. The van der Waals surface area contributed by atoms with Gasteiger partial charge >= 0.3 is 5.97 Å². The summed E-state index contributed by atoms with van der Waals surface area (Å²) in [6.45, 7) is 6.42. The number of hydrogen-bond acceptors (Lipinski definition) is 6. The molecule has 1 aliphatic rings. The molecule has 2 amide bonds. The van der Waals surface area contributed by atoms with Gasteiger partial charge in [-0.25, -0.2) is 4.79 Å². The second-order valence-electron chi connectivity index (χ2n) is 15.1. The fourth-order valence-corrected chi connectivity index (χ4v) is 8.33. The normalized spacial score (nSPS) is 13.8. The van der Waals surface area contributed by atoms with Crippen LogP contribution in [0.15, 0.2) is 60.0 Å². The molecule has 0 saturated carbocycles. The Morgan fingerprint density at radius 2 is 1.43 bits per heavy atom. The first-order valence-electron chi connectivity index (χ1n) is 21.2. The Morgan fingerprint density at radius 3 is 2.06 bits per heavy atom. The maximum absolute atomic E-state index is 12.8. The Kier molecular flexibility index (Phi) is 20.5. The molecule has 3 aromatic rings. The number of hydrogen-bond donors (Lipinski definition) is 2. The molecule has 1 aliphatic carbocycles. The van der Waals surface area contributed by atoms with Gasteiger partial charge in [-0.1, -0.05) is 122 Å². The van der Waals surface area contributed by atoms with Gasteiger partial charge in [0.25, 0.3) is 5.91 Å². The van der Waals surface area contributed by atoms with Gasteiger partial charge in [0.15, 0.2) is 0 Å². The Balaban J connectivity index is 1.08. The lowest BCUT2D eigenvalue weighted by Gasteiger charge is -2.35. The topological polar surface area (TPSA) is 87.7 Å². The van der Waals surface area contributed by atoms with E-state index >= 15 is 0 Å². The zero-order valence-corrected chi connectivity index (χ0v) is 34.1. The predicted molar refractivity (Wildman–Crippen MR) is 225 cm³/mol. The second kappa shape index (κ2) is 25.6. The van der Waals surface area contributed by atoms with Crippen molar-refractivity contribution in [2.24, 2.45) is 0 Å². The van der Waals surface area contributed by atoms with Crippen molar-refractivity contribution < 1.29 is 19.1 Å². The molecule has 1 atom stereocenters. The maximum Gasteiger partial charge on any atom is 0.330 e. The minimum atomic E-state index is -0.495. The molecule has 0 aliphatic heterocycles. The Hall–Kier alpha value is -3.49. The monoisotopic (exact) mass is 757 g/mol. The van der Waals surface area contributed by atoms with Crippen molar-refractivity contribution in [2.45, 2.75) is 155 Å². The molecule has 0 unspecified atom stereocenters. The predicted octanol–water partition coefficient (Wildman–Crippen LogP) is 11.1. The molecule has 0 saturated heterocycles. The number of thiophene rings is 1. The highest BCUT2D eigenvalue weighted by Crippen LogP contribution is 2.32. The first-order valence-corrected chi connectivity index (χ1v) is 22.1. The van der Waals surface area contributed by atoms with Gasteiger partial charge in [-0.05, 0) is 98.0 Å². The zero-order valence-electron chi connectivity index (χ0n) is 33.3. The van der Waals surface area contributed by atoms with Crippen LogP contribution in [-0.2, 0) is 28.9 Å². The van der Waals surface area contributed by atoms with Gasteiger partial charge in [-0.3, -0.25) is 14.5 Å². The smallest absolute Gasteiger partial charge is 0.330 e. The highest BCUT2D eigenvalue weighted by atomic mass is 32.1. The minimum Gasteiger partial charge on any atom is -0.425 e. The Bertz CT molecular complexity index is 1510. The van der Waals surface area contributed by atoms with E-state index in [0.29, 0.717) is 29.5 Å². The van der Waals surface area contributed by atoms with Gasteiger partial charge in [0, 0.05) is 35.1 Å². The summed E-state index contributed by atoms with van der Waals surface area (Å²) in [5.41, 5.74) is 3.41. The molecule has 7 nitrogen and oxygen atoms in total. The molecule has 0 bridgehead atoms. The molecule has 0 spiro atoms. The third-order valence-corrected chi connectivity index (χ3v) is 11.7. The average molecular weight is 758 g/mol. The van der Waals surface area contributed by atoms with Gasteiger partial charge in [0.1, 0.15) is 12.3 Å². The molecule has 2 aromatic carbocycles. The summed E-state index contributed by atoms with van der Waals surface area (Å²) in [6.07, 6.45) is 25.0. The quantitative estimate of drug-likeness (QED) is 0.0459. The van der Waals surface area contributed by atoms with Crippen molar-refractivity contribution >= 4 is 34.8 Å². The number of rotatable bonds is 27. The van der Waals surface area contributed by atoms with Gasteiger partial charge in [0.05, 0.1) is 0 Å². The molecule has 8 heteroatoms. The molecule has 1 aromatic heterocycles. The first-order chi connectivity index (χ1) is 26.5. The number of carbonyl (C=O) groups is 3. The number of fused-ring (bicyclic) bond motifs is 1. The van der Waals surface area contributed by atoms with Crippen molar-refractivity contribution in [3.05, 3.63) is 81.5 Å². The van der Waals surface area contributed by atoms with Gasteiger partial charge in [-0.15, -0.1) is 11.3 Å². The van der Waals surface area contributed by atoms with E-state index < -0.39 is 5.97 Å². The highest BCUT2D eigenvalue weighted by Gasteiger charge is 2.26. The molecule has 0 radical (unpaired) electrons. The molecule has 2 N–H and O–H groups in total. The highest BCUT2D eigenvalue weighted by molar-refractivity contribution is 7.09. The van der Waals surface area contributed by atoms with Gasteiger partial charge in [-0.2, -0.15) is 0 Å². The van der Waals surface area contributed by atoms with E-state index in [0.717, 1.165) is 63.6 Å². The number of benzene rings is 2. The average Bonchev–Trinajstić information content (AvgIpc) is 3.71. The lowest BCUT2D eigenvalue weighted by Crippen LogP contribution is -2.41. The van der Waals surface area contributed by atoms with E-state index in [1.807, 2.05) is 23.5 Å². The molecular formula is C46H67N3O4S. The minimum absolute atomic E-state index is 0.00399. The first kappa shape index (κ1) is 43.2. The number of carbonyl (C=O) groups excluding carboxylic acids is 3. The largest absolute Gasteiger partial charge is 0.425 e. The Labute approximate surface area is 330 Å². The van der Waals surface area contributed by atoms with E-state index in [4.69, 9.17) is 4.74 Å². The van der Waals surface area contributed by atoms with E-state index in [1.54, 1.807) is 24.3 Å². The summed E-state index contributed by atoms with van der Waals surface area (Å²) in [5, 5.41) is 7.77. The number of amides is 2. The van der Waals surface area contributed by atoms with Crippen molar-refractivity contribution in [1.29, 1.82) is 0 Å². The zero-order chi connectivity index (χ0) is 38.2. The summed E-state index contributed by atoms with van der Waals surface area (Å²) in [4.78, 5) is 42.2. The summed E-state index contributed by atoms with van der Waals surface area (Å²) in [6, 6.07) is 17.6. The molecule has 296 valence electrons. The van der Waals surface area contributed by atoms with E-state index in [2.05, 4.69) is 53.0 Å². The van der Waals surface area contributed by atoms with Gasteiger partial charge < -0.3 is 15.4 Å². The van der Waals surface area contributed by atoms with Crippen LogP contribution in [-0.4, -0.2) is 48.4 Å². The van der Waals surface area contributed by atoms with Crippen LogP contribution >= 0.6 is 11.3 Å². The summed E-state index contributed by atoms with van der Waals surface area (Å²) < 4.78 is 5.78. The summed E-state index contributed by atoms with van der Waals surface area (Å²) in [7, 11) is 0. The molecular weight excluding hydrogens is 691 g/mol. The lowest BCUT2D eigenvalue weighted by molar-refractivity contribution is -0.133. The van der Waals surface area contributed by atoms with Crippen LogP contribution in [0.4, 0.5) is 5.69 Å². The van der Waals surface area contributed by atoms with Crippen LogP contribution in [0, 0.1) is 0 Å². The number of esters is 1. The van der Waals surface area contributed by atoms with Crippen LogP contribution in [0.2, 0.25) is 0 Å².